The molecule has 3 aliphatic rings. The number of amides is 1. The highest BCUT2D eigenvalue weighted by atomic mass is 32.1. The standard InChI is InChI=1S/C40H58FN7O10S/c1-13-28-40(8)31(42-37(52)58-40)23(4)29(45-53-12)21(2)20-38(6,54-18-14-15-25-16-17-27(59-25)34-43-46-48(11)44-34)33(24(5)32(50)39(7,41)36(51)56-28)57-35-30(49)26(47(9)10)19-22(3)55-35/h16-17,21-24,26,28,30-31,33,35,49H,13,18-20H2,1-12H3,(H,42,52)/b45-29+/t21-,22-,23+,24+,26+,28-,30-,31-,33-,35?,38+,39+,40-/m1/s1. The molecule has 2 N–H and O–H groups in total. The Kier molecular flexibility index (Phi) is 14.3. The minimum Gasteiger partial charge on any atom is -0.455 e. The number of Topliss-reactive ketones (excluding diaryl/α,β-unsaturated/α-hetero) is 1. The van der Waals surface area contributed by atoms with Crippen LogP contribution in [0.1, 0.15) is 79.5 Å². The van der Waals surface area contributed by atoms with Gasteiger partial charge in [0.1, 0.15) is 25.9 Å². The molecule has 0 aromatic carbocycles. The maximum absolute atomic E-state index is 17.0. The third-order valence-corrected chi connectivity index (χ3v) is 12.7. The number of rotatable bonds is 8. The van der Waals surface area contributed by atoms with Crippen molar-refractivity contribution in [2.24, 2.45) is 30.0 Å². The smallest absolute Gasteiger partial charge is 0.408 e. The summed E-state index contributed by atoms with van der Waals surface area (Å²) in [6.45, 7) is 12.7. The minimum absolute atomic E-state index is 0.0728. The number of likely N-dealkylation sites (N-methyl/N-ethyl adjacent to an activating group) is 1. The van der Waals surface area contributed by atoms with Crippen LogP contribution < -0.4 is 5.32 Å². The number of aliphatic hydroxyl groups is 1. The van der Waals surface area contributed by atoms with Gasteiger partial charge in [-0.3, -0.25) is 4.79 Å². The molecule has 1 amide bonds. The van der Waals surface area contributed by atoms with Crippen molar-refractivity contribution < 1.29 is 52.4 Å². The van der Waals surface area contributed by atoms with Crippen LogP contribution in [0.4, 0.5) is 9.18 Å². The Morgan fingerprint density at radius 1 is 1.15 bits per heavy atom. The number of carbonyl (C=O) groups is 3. The Balaban J connectivity index is 1.61. The van der Waals surface area contributed by atoms with Crippen LogP contribution in [0.15, 0.2) is 17.3 Å². The number of fused-ring (bicyclic) bond motifs is 1. The molecule has 1 unspecified atom stereocenters. The summed E-state index contributed by atoms with van der Waals surface area (Å²) in [5.74, 6) is 1.49. The molecular formula is C40H58FN7O10S. The molecule has 2 aromatic heterocycles. The number of ether oxygens (including phenoxy) is 5. The Labute approximate surface area is 348 Å². The van der Waals surface area contributed by atoms with E-state index in [1.807, 2.05) is 51.9 Å². The van der Waals surface area contributed by atoms with Crippen LogP contribution in [-0.2, 0) is 45.2 Å². The van der Waals surface area contributed by atoms with Crippen molar-refractivity contribution in [3.63, 3.8) is 0 Å². The van der Waals surface area contributed by atoms with Crippen molar-refractivity contribution in [2.75, 3.05) is 27.8 Å². The number of nitrogens with one attached hydrogen (secondary N) is 1. The number of hydrogen-bond acceptors (Lipinski definition) is 16. The number of cyclic esters (lactones) is 1. The average Bonchev–Trinajstić information content (AvgIpc) is 3.91. The molecule has 5 rings (SSSR count). The summed E-state index contributed by atoms with van der Waals surface area (Å²) in [5, 5.41) is 31.1. The van der Waals surface area contributed by atoms with Crippen molar-refractivity contribution in [3.8, 4) is 22.5 Å². The summed E-state index contributed by atoms with van der Waals surface area (Å²) in [7, 11) is 6.73. The lowest BCUT2D eigenvalue weighted by Gasteiger charge is -2.47. The number of thiophene rings is 1. The van der Waals surface area contributed by atoms with Gasteiger partial charge in [0.2, 0.25) is 5.82 Å². The van der Waals surface area contributed by atoms with Crippen LogP contribution in [0.5, 0.6) is 0 Å². The molecule has 0 aliphatic carbocycles. The monoisotopic (exact) mass is 847 g/mol. The Hall–Kier alpha value is -4.06. The highest BCUT2D eigenvalue weighted by Gasteiger charge is 2.59. The Bertz CT molecular complexity index is 1930. The van der Waals surface area contributed by atoms with E-state index in [0.29, 0.717) is 22.8 Å². The predicted octanol–water partition coefficient (Wildman–Crippen LogP) is 3.68. The zero-order valence-electron chi connectivity index (χ0n) is 35.8. The number of aromatic nitrogens is 4. The molecule has 0 spiro atoms. The van der Waals surface area contributed by atoms with Gasteiger partial charge in [-0.1, -0.05) is 44.7 Å². The van der Waals surface area contributed by atoms with E-state index in [-0.39, 0.29) is 31.6 Å². The minimum atomic E-state index is -3.19. The molecule has 3 saturated heterocycles. The average molecular weight is 848 g/mol. The van der Waals surface area contributed by atoms with Gasteiger partial charge in [-0.2, -0.15) is 4.80 Å². The number of aryl methyl sites for hydroxylation is 1. The van der Waals surface area contributed by atoms with Crippen molar-refractivity contribution >= 4 is 34.9 Å². The summed E-state index contributed by atoms with van der Waals surface area (Å²) in [6, 6.07) is 2.44. The van der Waals surface area contributed by atoms with Gasteiger partial charge in [-0.05, 0) is 78.4 Å². The van der Waals surface area contributed by atoms with Crippen LogP contribution in [0.3, 0.4) is 0 Å². The fourth-order valence-corrected chi connectivity index (χ4v) is 9.46. The Morgan fingerprint density at radius 3 is 2.49 bits per heavy atom. The molecule has 17 nitrogen and oxygen atoms in total. The molecule has 0 saturated carbocycles. The van der Waals surface area contributed by atoms with Gasteiger partial charge in [0.05, 0.1) is 46.4 Å². The maximum atomic E-state index is 17.0. The highest BCUT2D eigenvalue weighted by Crippen LogP contribution is 2.41. The molecule has 326 valence electrons. The van der Waals surface area contributed by atoms with Crippen LogP contribution in [0.2, 0.25) is 0 Å². The number of carbonyl (C=O) groups excluding carboxylic acids is 3. The van der Waals surface area contributed by atoms with Crippen LogP contribution in [0.25, 0.3) is 10.7 Å². The van der Waals surface area contributed by atoms with E-state index in [9.17, 15) is 19.5 Å². The fourth-order valence-electron chi connectivity index (χ4n) is 8.65. The number of tetrazole rings is 1. The number of halogens is 1. The summed E-state index contributed by atoms with van der Waals surface area (Å²) in [4.78, 5) is 51.3. The molecule has 5 heterocycles. The molecule has 59 heavy (non-hydrogen) atoms. The molecule has 13 atom stereocenters. The number of oxime groups is 1. The van der Waals surface area contributed by atoms with E-state index in [0.717, 1.165) is 11.8 Å². The summed E-state index contributed by atoms with van der Waals surface area (Å²) in [6.07, 6.45) is -5.42. The van der Waals surface area contributed by atoms with Crippen molar-refractivity contribution in [1.82, 2.24) is 30.4 Å². The third-order valence-electron chi connectivity index (χ3n) is 11.7. The maximum Gasteiger partial charge on any atom is 0.408 e. The van der Waals surface area contributed by atoms with E-state index in [1.54, 1.807) is 27.8 Å². The number of esters is 1. The van der Waals surface area contributed by atoms with Crippen molar-refractivity contribution in [2.45, 2.75) is 134 Å². The lowest BCUT2D eigenvalue weighted by atomic mass is 9.73. The molecule has 3 aliphatic heterocycles. The zero-order chi connectivity index (χ0) is 43.6. The summed E-state index contributed by atoms with van der Waals surface area (Å²) < 4.78 is 48.1. The SMILES string of the molecule is CC[C@H]1OC(=O)[C@@](C)(F)C(=O)[C@H](C)[C@@H](OC2O[C@H](C)C[C@H](N(C)C)[C@H]2O)[C@@](C)(OCC#Cc2ccc(-c3nnn(C)n3)s2)C[C@@H](C)/C(=N\OC)[C@H](C)[C@H]2NC(=O)O[C@@]21C. The van der Waals surface area contributed by atoms with Gasteiger partial charge in [0.15, 0.2) is 17.7 Å². The van der Waals surface area contributed by atoms with Crippen LogP contribution in [0, 0.1) is 29.6 Å². The number of ketones is 1. The zero-order valence-corrected chi connectivity index (χ0v) is 36.7. The quantitative estimate of drug-likeness (QED) is 0.169. The first kappa shape index (κ1) is 46.0. The first-order valence-electron chi connectivity index (χ1n) is 19.8. The summed E-state index contributed by atoms with van der Waals surface area (Å²) >= 11 is 1.37. The van der Waals surface area contributed by atoms with Gasteiger partial charge in [-0.15, -0.1) is 21.5 Å². The highest BCUT2D eigenvalue weighted by molar-refractivity contribution is 7.15. The number of hydrogen-bond donors (Lipinski definition) is 2. The molecule has 19 heteroatoms. The second-order valence-electron chi connectivity index (χ2n) is 16.5. The van der Waals surface area contributed by atoms with E-state index in [1.165, 1.54) is 30.2 Å². The van der Waals surface area contributed by atoms with Crippen LogP contribution >= 0.6 is 11.3 Å². The van der Waals surface area contributed by atoms with Gasteiger partial charge in [0, 0.05) is 23.8 Å². The van der Waals surface area contributed by atoms with Gasteiger partial charge in [-0.25, -0.2) is 14.0 Å². The number of aliphatic hydroxyl groups excluding tert-OH is 1. The van der Waals surface area contributed by atoms with E-state index < -0.39 is 83.1 Å². The van der Waals surface area contributed by atoms with Gasteiger partial charge in [0.25, 0.3) is 5.67 Å². The second kappa shape index (κ2) is 18.3. The topological polar surface area (TPSA) is 198 Å². The van der Waals surface area contributed by atoms with Gasteiger partial charge < -0.3 is 43.8 Å². The first-order chi connectivity index (χ1) is 27.7. The summed E-state index contributed by atoms with van der Waals surface area (Å²) in [5.41, 5.74) is -5.72. The number of alkyl halides is 1. The Morgan fingerprint density at radius 2 is 1.86 bits per heavy atom. The second-order valence-corrected chi connectivity index (χ2v) is 17.6. The van der Waals surface area contributed by atoms with E-state index >= 15 is 4.39 Å². The molecule has 2 aromatic rings. The lowest BCUT2D eigenvalue weighted by Crippen LogP contribution is -2.61. The largest absolute Gasteiger partial charge is 0.455 e. The lowest BCUT2D eigenvalue weighted by molar-refractivity contribution is -0.296. The third kappa shape index (κ3) is 9.63. The molecule has 3 fully saturated rings. The predicted molar refractivity (Wildman–Crippen MR) is 214 cm³/mol. The molecule has 0 radical (unpaired) electrons. The first-order valence-corrected chi connectivity index (χ1v) is 20.7. The van der Waals surface area contributed by atoms with E-state index in [4.69, 9.17) is 28.5 Å². The normalized spacial score (nSPS) is 37.8. The fraction of sp³-hybridized carbons (Fsp3) is 0.725. The molecular weight excluding hydrogens is 790 g/mol. The van der Waals surface area contributed by atoms with Crippen LogP contribution in [-0.4, -0.2) is 141 Å². The van der Waals surface area contributed by atoms with Gasteiger partial charge >= 0.3 is 12.1 Å². The number of nitrogens with zero attached hydrogens (tertiary/aromatic N) is 6. The van der Waals surface area contributed by atoms with E-state index in [2.05, 4.69) is 37.7 Å². The molecule has 0 bridgehead atoms. The van der Waals surface area contributed by atoms with Crippen molar-refractivity contribution in [1.29, 1.82) is 0 Å². The van der Waals surface area contributed by atoms with Crippen molar-refractivity contribution in [3.05, 3.63) is 17.0 Å². The number of alkyl carbamates (subject to hydrolysis) is 1.